The van der Waals surface area contributed by atoms with Crippen LogP contribution in [0.4, 0.5) is 0 Å². The number of aliphatic imine (C=N–C) groups is 1. The number of hydrogen-bond acceptors (Lipinski definition) is 4. The average Bonchev–Trinajstić information content (AvgIpc) is 2.66. The number of guanidine groups is 1. The van der Waals surface area contributed by atoms with E-state index in [1.54, 1.807) is 14.0 Å². The van der Waals surface area contributed by atoms with Crippen molar-refractivity contribution in [2.75, 3.05) is 45.6 Å². The van der Waals surface area contributed by atoms with Crippen molar-refractivity contribution in [2.24, 2.45) is 4.99 Å². The quantitative estimate of drug-likeness (QED) is 0.181. The Hall–Kier alpha value is -0.910. The number of nitrogens with one attached hydrogen (secondary N) is 2. The normalized spacial score (nSPS) is 13.1. The molecule has 0 heterocycles. The van der Waals surface area contributed by atoms with Gasteiger partial charge < -0.3 is 15.7 Å². The van der Waals surface area contributed by atoms with E-state index >= 15 is 0 Å². The lowest BCUT2D eigenvalue weighted by Crippen LogP contribution is -2.39. The third-order valence-corrected chi connectivity index (χ3v) is 5.95. The van der Waals surface area contributed by atoms with Crippen molar-refractivity contribution in [3.8, 4) is 0 Å². The van der Waals surface area contributed by atoms with Gasteiger partial charge in [0.15, 0.2) is 5.96 Å². The Kier molecular flexibility index (Phi) is 13.7. The van der Waals surface area contributed by atoms with Crippen LogP contribution in [-0.4, -0.2) is 69.4 Å². The van der Waals surface area contributed by atoms with E-state index in [2.05, 4.69) is 15.6 Å². The van der Waals surface area contributed by atoms with Crippen LogP contribution in [0.1, 0.15) is 31.7 Å². The smallest absolute Gasteiger partial charge is 0.213 e. The van der Waals surface area contributed by atoms with E-state index in [0.717, 1.165) is 12.1 Å². The first-order chi connectivity index (χ1) is 12.4. The number of benzene rings is 1. The van der Waals surface area contributed by atoms with Gasteiger partial charge in [-0.15, -0.1) is 24.0 Å². The summed E-state index contributed by atoms with van der Waals surface area (Å²) in [4.78, 5) is 4.55. The molecule has 1 atom stereocenters. The molecule has 7 nitrogen and oxygen atoms in total. The summed E-state index contributed by atoms with van der Waals surface area (Å²) in [5.74, 6) is 0.735. The Bertz CT molecular complexity index is 641. The molecular formula is C18H33IN4O3S. The first kappa shape index (κ1) is 26.1. The van der Waals surface area contributed by atoms with Gasteiger partial charge in [-0.1, -0.05) is 30.3 Å². The Labute approximate surface area is 180 Å². The minimum absolute atomic E-state index is 0. The molecular weight excluding hydrogens is 479 g/mol. The number of aliphatic hydroxyl groups is 1. The molecule has 1 rings (SSSR count). The van der Waals surface area contributed by atoms with Crippen molar-refractivity contribution >= 4 is 40.0 Å². The van der Waals surface area contributed by atoms with Gasteiger partial charge in [0.25, 0.3) is 0 Å². The van der Waals surface area contributed by atoms with Crippen molar-refractivity contribution in [3.63, 3.8) is 0 Å². The molecule has 156 valence electrons. The molecule has 0 saturated carbocycles. The highest BCUT2D eigenvalue weighted by atomic mass is 127. The van der Waals surface area contributed by atoms with Crippen LogP contribution in [0.5, 0.6) is 0 Å². The minimum Gasteiger partial charge on any atom is -0.396 e. The molecule has 9 heteroatoms. The van der Waals surface area contributed by atoms with Crippen LogP contribution in [0.25, 0.3) is 0 Å². The fourth-order valence-electron chi connectivity index (χ4n) is 2.40. The zero-order chi connectivity index (χ0) is 19.4. The molecule has 0 bridgehead atoms. The maximum Gasteiger partial charge on any atom is 0.213 e. The van der Waals surface area contributed by atoms with E-state index in [1.807, 2.05) is 37.3 Å². The van der Waals surface area contributed by atoms with Gasteiger partial charge in [-0.3, -0.25) is 4.99 Å². The van der Waals surface area contributed by atoms with Gasteiger partial charge in [0.2, 0.25) is 10.0 Å². The number of nitrogens with zero attached hydrogens (tertiary/aromatic N) is 2. The lowest BCUT2D eigenvalue weighted by Gasteiger charge is -2.17. The van der Waals surface area contributed by atoms with E-state index in [1.165, 1.54) is 4.31 Å². The second kappa shape index (κ2) is 14.1. The Morgan fingerprint density at radius 1 is 1.22 bits per heavy atom. The summed E-state index contributed by atoms with van der Waals surface area (Å²) < 4.78 is 24.8. The molecule has 0 aliphatic heterocycles. The van der Waals surface area contributed by atoms with Gasteiger partial charge in [0.05, 0.1) is 18.9 Å². The topological polar surface area (TPSA) is 94.0 Å². The Morgan fingerprint density at radius 2 is 1.89 bits per heavy atom. The molecule has 3 N–H and O–H groups in total. The van der Waals surface area contributed by atoms with Crippen LogP contribution >= 0.6 is 24.0 Å². The van der Waals surface area contributed by atoms with Gasteiger partial charge in [-0.05, 0) is 25.8 Å². The van der Waals surface area contributed by atoms with Crippen LogP contribution in [0.15, 0.2) is 35.3 Å². The number of halogens is 1. The Balaban J connectivity index is 0.00000676. The minimum atomic E-state index is -3.13. The number of aliphatic hydroxyl groups excluding tert-OH is 1. The predicted octanol–water partition coefficient (Wildman–Crippen LogP) is 1.61. The van der Waals surface area contributed by atoms with E-state index in [-0.39, 0.29) is 42.3 Å². The summed E-state index contributed by atoms with van der Waals surface area (Å²) in [7, 11) is -1.53. The first-order valence-electron chi connectivity index (χ1n) is 9.06. The summed E-state index contributed by atoms with van der Waals surface area (Å²) in [6, 6.07) is 9.82. The summed E-state index contributed by atoms with van der Waals surface area (Å²) in [6.07, 6.45) is 0.683. The maximum absolute atomic E-state index is 11.7. The molecule has 27 heavy (non-hydrogen) atoms. The highest BCUT2D eigenvalue weighted by molar-refractivity contribution is 14.0. The second-order valence-corrected chi connectivity index (χ2v) is 8.38. The van der Waals surface area contributed by atoms with Crippen LogP contribution < -0.4 is 10.6 Å². The molecule has 0 aliphatic rings. The summed E-state index contributed by atoms with van der Waals surface area (Å²) in [5, 5.41) is 16.0. The Morgan fingerprint density at radius 3 is 2.44 bits per heavy atom. The number of hydrogen-bond donors (Lipinski definition) is 3. The molecule has 0 aromatic heterocycles. The fraction of sp³-hybridized carbons (Fsp3) is 0.611. The maximum atomic E-state index is 11.7. The first-order valence-corrected chi connectivity index (χ1v) is 10.7. The lowest BCUT2D eigenvalue weighted by molar-refractivity contribution is 0.268. The molecule has 0 saturated heterocycles. The zero-order valence-electron chi connectivity index (χ0n) is 16.4. The van der Waals surface area contributed by atoms with E-state index in [9.17, 15) is 13.5 Å². The van der Waals surface area contributed by atoms with Gasteiger partial charge in [0.1, 0.15) is 0 Å². The number of rotatable bonds is 11. The zero-order valence-corrected chi connectivity index (χ0v) is 19.5. The largest absolute Gasteiger partial charge is 0.396 e. The molecule has 1 aromatic rings. The third-order valence-electron chi connectivity index (χ3n) is 4.09. The van der Waals surface area contributed by atoms with Gasteiger partial charge in [-0.2, -0.15) is 0 Å². The molecule has 1 unspecified atom stereocenters. The molecule has 0 radical (unpaired) electrons. The molecule has 0 spiro atoms. The van der Waals surface area contributed by atoms with Crippen molar-refractivity contribution in [1.82, 2.24) is 14.9 Å². The van der Waals surface area contributed by atoms with Gasteiger partial charge in [-0.25, -0.2) is 12.7 Å². The van der Waals surface area contributed by atoms with Crippen molar-refractivity contribution in [1.29, 1.82) is 0 Å². The van der Waals surface area contributed by atoms with Gasteiger partial charge >= 0.3 is 0 Å². The van der Waals surface area contributed by atoms with Crippen LogP contribution in [0, 0.1) is 0 Å². The fourth-order valence-corrected chi connectivity index (χ4v) is 3.25. The SMILES string of the molecule is CCNC(=NCC(CO)c1ccccc1)NCCCN(C)S(=O)(=O)CC.I. The van der Waals surface area contributed by atoms with Crippen molar-refractivity contribution in [2.45, 2.75) is 26.2 Å². The van der Waals surface area contributed by atoms with E-state index in [4.69, 9.17) is 0 Å². The second-order valence-electron chi connectivity index (χ2n) is 6.01. The lowest BCUT2D eigenvalue weighted by atomic mass is 10.0. The standard InChI is InChI=1S/C18H32N4O3S.HI/c1-4-19-18(20-12-9-13-22(3)26(24,25)5-2)21-14-17(15-23)16-10-7-6-8-11-16;/h6-8,10-11,17,23H,4-5,9,12-15H2,1-3H3,(H2,19,20,21);1H. The highest BCUT2D eigenvalue weighted by Crippen LogP contribution is 2.14. The average molecular weight is 512 g/mol. The summed E-state index contributed by atoms with van der Waals surface area (Å²) in [6.45, 7) is 5.94. The highest BCUT2D eigenvalue weighted by Gasteiger charge is 2.14. The van der Waals surface area contributed by atoms with Crippen LogP contribution in [-0.2, 0) is 10.0 Å². The third kappa shape index (κ3) is 9.72. The van der Waals surface area contributed by atoms with Crippen molar-refractivity contribution < 1.29 is 13.5 Å². The van der Waals surface area contributed by atoms with E-state index in [0.29, 0.717) is 32.0 Å². The molecule has 0 amide bonds. The van der Waals surface area contributed by atoms with Gasteiger partial charge in [0, 0.05) is 32.6 Å². The number of sulfonamides is 1. The van der Waals surface area contributed by atoms with Crippen LogP contribution in [0.3, 0.4) is 0 Å². The van der Waals surface area contributed by atoms with E-state index < -0.39 is 10.0 Å². The molecule has 0 fully saturated rings. The molecule has 1 aromatic carbocycles. The monoisotopic (exact) mass is 512 g/mol. The predicted molar refractivity (Wildman–Crippen MR) is 122 cm³/mol. The summed E-state index contributed by atoms with van der Waals surface area (Å²) in [5.41, 5.74) is 1.06. The van der Waals surface area contributed by atoms with Crippen LogP contribution in [0.2, 0.25) is 0 Å². The van der Waals surface area contributed by atoms with Crippen molar-refractivity contribution in [3.05, 3.63) is 35.9 Å². The summed E-state index contributed by atoms with van der Waals surface area (Å²) >= 11 is 0. The molecule has 0 aliphatic carbocycles.